The quantitative estimate of drug-likeness (QED) is 0.299. The molecule has 12 heteroatoms. The van der Waals surface area contributed by atoms with Crippen LogP contribution in [0, 0.1) is 0 Å². The molecule has 0 unspecified atom stereocenters. The molecule has 170 valence electrons. The molecule has 8 nitrogen and oxygen atoms in total. The molecule has 2 heterocycles. The van der Waals surface area contributed by atoms with Gasteiger partial charge in [0.2, 0.25) is 11.8 Å². The molecule has 0 radical (unpaired) electrons. The van der Waals surface area contributed by atoms with Crippen molar-refractivity contribution in [2.24, 2.45) is 10.7 Å². The van der Waals surface area contributed by atoms with Gasteiger partial charge in [0.05, 0.1) is 0 Å². The highest BCUT2D eigenvalue weighted by molar-refractivity contribution is 6.31. The molecule has 0 aliphatic heterocycles. The van der Waals surface area contributed by atoms with Crippen LogP contribution in [0.25, 0.3) is 10.9 Å². The number of pyridine rings is 1. The monoisotopic (exact) mass is 469 g/mol. The van der Waals surface area contributed by atoms with E-state index in [0.29, 0.717) is 11.4 Å². The predicted molar refractivity (Wildman–Crippen MR) is 112 cm³/mol. The molecule has 3 aromatic rings. The number of nitrogens with zero attached hydrogens (tertiary/aromatic N) is 3. The van der Waals surface area contributed by atoms with Crippen LogP contribution in [-0.4, -0.2) is 41.1 Å². The second-order valence-corrected chi connectivity index (χ2v) is 7.05. The normalized spacial score (nSPS) is 12.2. The van der Waals surface area contributed by atoms with Gasteiger partial charge < -0.3 is 15.0 Å². The fraction of sp³-hybridized carbons (Fsp3) is 0.250. The van der Waals surface area contributed by atoms with Crippen LogP contribution in [0.3, 0.4) is 0 Å². The van der Waals surface area contributed by atoms with E-state index in [1.807, 2.05) is 24.3 Å². The lowest BCUT2D eigenvalue weighted by molar-refractivity contribution is -0.154. The average molecular weight is 470 g/mol. The number of ether oxygens (including phenoxy) is 1. The summed E-state index contributed by atoms with van der Waals surface area (Å²) < 4.78 is 43.1. The number of carbonyl (C=O) groups excluding carboxylic acids is 1. The molecule has 0 saturated carbocycles. The van der Waals surface area contributed by atoms with E-state index in [1.165, 1.54) is 12.3 Å². The number of nitrogens with two attached hydrogens (primary N) is 1. The predicted octanol–water partition coefficient (Wildman–Crippen LogP) is 3.21. The van der Waals surface area contributed by atoms with E-state index in [2.05, 4.69) is 20.2 Å². The van der Waals surface area contributed by atoms with Crippen molar-refractivity contribution in [3.8, 4) is 5.88 Å². The van der Waals surface area contributed by atoms with E-state index in [9.17, 15) is 18.0 Å². The number of amidine groups is 1. The lowest BCUT2D eigenvalue weighted by atomic mass is 10.1. The van der Waals surface area contributed by atoms with Crippen LogP contribution in [0.1, 0.15) is 11.1 Å². The van der Waals surface area contributed by atoms with Gasteiger partial charge in [-0.15, -0.1) is 0 Å². The van der Waals surface area contributed by atoms with Gasteiger partial charge in [0.25, 0.3) is 0 Å². The molecule has 0 aliphatic rings. The summed E-state index contributed by atoms with van der Waals surface area (Å²) in [4.78, 5) is 24.7. The Morgan fingerprint density at radius 1 is 1.34 bits per heavy atom. The minimum atomic E-state index is -4.49. The molecule has 0 bridgehead atoms. The molecule has 1 aromatic carbocycles. The van der Waals surface area contributed by atoms with Crippen molar-refractivity contribution in [2.45, 2.75) is 19.3 Å². The number of nitrogens with one attached hydrogen (secondary N) is 1. The number of halogens is 4. The number of benzene rings is 1. The number of rotatable bonds is 8. The van der Waals surface area contributed by atoms with E-state index in [4.69, 9.17) is 22.2 Å². The zero-order valence-corrected chi connectivity index (χ0v) is 17.6. The summed E-state index contributed by atoms with van der Waals surface area (Å²) >= 11 is 5.94. The maximum atomic E-state index is 12.3. The number of alkyl halides is 3. The number of hydrogen-bond acceptors (Lipinski definition) is 5. The van der Waals surface area contributed by atoms with Gasteiger partial charge in [-0.1, -0.05) is 23.7 Å². The van der Waals surface area contributed by atoms with Crippen molar-refractivity contribution < 1.29 is 27.5 Å². The molecule has 0 aliphatic carbocycles. The van der Waals surface area contributed by atoms with E-state index in [1.54, 1.807) is 17.8 Å². The summed E-state index contributed by atoms with van der Waals surface area (Å²) in [6.45, 7) is -1.43. The number of fused-ring (bicyclic) bond motifs is 1. The van der Waals surface area contributed by atoms with E-state index in [-0.39, 0.29) is 24.1 Å². The highest BCUT2D eigenvalue weighted by Crippen LogP contribution is 2.25. The molecule has 1 amide bonds. The first-order valence-corrected chi connectivity index (χ1v) is 9.61. The average Bonchev–Trinajstić information content (AvgIpc) is 3.12. The Morgan fingerprint density at radius 3 is 2.78 bits per heavy atom. The summed E-state index contributed by atoms with van der Waals surface area (Å²) in [5, 5.41) is 0.765. The first-order valence-electron chi connectivity index (χ1n) is 9.23. The fourth-order valence-electron chi connectivity index (χ4n) is 2.94. The highest BCUT2D eigenvalue weighted by Gasteiger charge is 2.29. The van der Waals surface area contributed by atoms with Crippen LogP contribution in [0.5, 0.6) is 5.88 Å². The van der Waals surface area contributed by atoms with E-state index < -0.39 is 18.7 Å². The second-order valence-electron chi connectivity index (χ2n) is 6.65. The van der Waals surface area contributed by atoms with Gasteiger partial charge >= 0.3 is 6.18 Å². The topological polar surface area (TPSA) is 104 Å². The Labute approximate surface area is 185 Å². The lowest BCUT2D eigenvalue weighted by Gasteiger charge is -2.12. The van der Waals surface area contributed by atoms with Gasteiger partial charge in [-0.3, -0.25) is 14.6 Å². The molecule has 2 aromatic heterocycles. The third-order valence-corrected chi connectivity index (χ3v) is 4.53. The number of carbonyl (C=O) groups is 1. The number of aromatic nitrogens is 2. The van der Waals surface area contributed by atoms with E-state index >= 15 is 0 Å². The number of hydrogen-bond donors (Lipinski definition) is 2. The number of aliphatic imine (C=N–C) groups is 1. The van der Waals surface area contributed by atoms with Gasteiger partial charge in [-0.05, 0) is 18.2 Å². The van der Waals surface area contributed by atoms with Crippen LogP contribution in [0.2, 0.25) is 5.02 Å². The molecule has 3 rings (SSSR count). The molecule has 0 fully saturated rings. The summed E-state index contributed by atoms with van der Waals surface area (Å²) in [6, 6.07) is 8.73. The molecule has 3 N–H and O–H groups in total. The van der Waals surface area contributed by atoms with Crippen molar-refractivity contribution in [1.82, 2.24) is 15.0 Å². The lowest BCUT2D eigenvalue weighted by Crippen LogP contribution is -2.25. The summed E-state index contributed by atoms with van der Waals surface area (Å²) in [5.74, 6) is -0.346. The zero-order valence-electron chi connectivity index (χ0n) is 16.8. The summed E-state index contributed by atoms with van der Waals surface area (Å²) in [7, 11) is 1.58. The Balaban J connectivity index is 1.66. The third kappa shape index (κ3) is 5.89. The van der Waals surface area contributed by atoms with E-state index in [0.717, 1.165) is 16.5 Å². The van der Waals surface area contributed by atoms with Crippen LogP contribution in [-0.2, 0) is 22.8 Å². The zero-order chi connectivity index (χ0) is 23.3. The standard InChI is InChI=1S/C20H19ClF3N5O3/c1-26-18(14-3-2-4-16-13(14)5-6-29(16)9-17(25)30)28-32-10-12-7-15(21)19(27-8-12)31-11-20(22,23)24/h2-8H,9-11H2,1H3,(H2,25,30)(H,26,28). The van der Waals surface area contributed by atoms with Gasteiger partial charge in [-0.2, -0.15) is 13.2 Å². The molecule has 32 heavy (non-hydrogen) atoms. The SMILES string of the molecule is CN=C(NOCc1cnc(OCC(F)(F)F)c(Cl)c1)c1cccc2c1ccn2CC(N)=O. The number of hydroxylamine groups is 1. The highest BCUT2D eigenvalue weighted by atomic mass is 35.5. The van der Waals surface area contributed by atoms with Crippen molar-refractivity contribution in [1.29, 1.82) is 0 Å². The van der Waals surface area contributed by atoms with Crippen molar-refractivity contribution in [2.75, 3.05) is 13.7 Å². The van der Waals surface area contributed by atoms with Crippen LogP contribution < -0.4 is 16.0 Å². The molecule has 0 atom stereocenters. The maximum absolute atomic E-state index is 12.3. The Hall–Kier alpha value is -3.31. The largest absolute Gasteiger partial charge is 0.467 e. The van der Waals surface area contributed by atoms with Crippen molar-refractivity contribution in [3.63, 3.8) is 0 Å². The number of amides is 1. The van der Waals surface area contributed by atoms with Gasteiger partial charge in [0.15, 0.2) is 12.4 Å². The molecule has 0 saturated heterocycles. The Bertz CT molecular complexity index is 1150. The van der Waals surface area contributed by atoms with Crippen molar-refractivity contribution >= 4 is 34.2 Å². The first kappa shape index (κ1) is 23.4. The molecular weight excluding hydrogens is 451 g/mol. The number of primary amides is 1. The van der Waals surface area contributed by atoms with Gasteiger partial charge in [0.1, 0.15) is 18.2 Å². The second kappa shape index (κ2) is 9.88. The van der Waals surface area contributed by atoms with Crippen LogP contribution in [0.4, 0.5) is 13.2 Å². The Morgan fingerprint density at radius 2 is 2.12 bits per heavy atom. The molecular formula is C20H19ClF3N5O3. The van der Waals surface area contributed by atoms with Gasteiger partial charge in [-0.25, -0.2) is 10.5 Å². The van der Waals surface area contributed by atoms with Crippen LogP contribution >= 0.6 is 11.6 Å². The summed E-state index contributed by atoms with van der Waals surface area (Å²) in [5.41, 5.74) is 10.1. The summed E-state index contributed by atoms with van der Waals surface area (Å²) in [6.07, 6.45) is -1.44. The first-order chi connectivity index (χ1) is 15.2. The minimum absolute atomic E-state index is 0.00392. The third-order valence-electron chi connectivity index (χ3n) is 4.26. The van der Waals surface area contributed by atoms with Crippen LogP contribution in [0.15, 0.2) is 47.7 Å². The molecule has 0 spiro atoms. The Kier molecular flexibility index (Phi) is 7.21. The van der Waals surface area contributed by atoms with Crippen molar-refractivity contribution in [3.05, 3.63) is 58.9 Å². The smallest absolute Gasteiger partial charge is 0.422 e. The maximum Gasteiger partial charge on any atom is 0.422 e. The van der Waals surface area contributed by atoms with Gasteiger partial charge in [0, 0.05) is 41.5 Å². The minimum Gasteiger partial charge on any atom is -0.467 e. The fourth-order valence-corrected chi connectivity index (χ4v) is 3.19.